The number of nitrogens with zero attached hydrogens (tertiary/aromatic N) is 1. The highest BCUT2D eigenvalue weighted by atomic mass is 15.1. The summed E-state index contributed by atoms with van der Waals surface area (Å²) < 4.78 is 0. The third kappa shape index (κ3) is 2.48. The Morgan fingerprint density at radius 3 is 2.43 bits per heavy atom. The van der Waals surface area contributed by atoms with E-state index in [9.17, 15) is 0 Å². The Morgan fingerprint density at radius 1 is 1.14 bits per heavy atom. The Labute approximate surface area is 88.1 Å². The highest BCUT2D eigenvalue weighted by Crippen LogP contribution is 2.26. The highest BCUT2D eigenvalue weighted by Gasteiger charge is 2.30. The average molecular weight is 196 g/mol. The van der Waals surface area contributed by atoms with Crippen molar-refractivity contribution >= 4 is 0 Å². The minimum absolute atomic E-state index is 0.788. The van der Waals surface area contributed by atoms with Crippen molar-refractivity contribution in [1.82, 2.24) is 10.2 Å². The van der Waals surface area contributed by atoms with Crippen molar-refractivity contribution in [2.24, 2.45) is 11.8 Å². The van der Waals surface area contributed by atoms with Gasteiger partial charge in [-0.2, -0.15) is 0 Å². The molecule has 0 aromatic heterocycles. The van der Waals surface area contributed by atoms with Crippen LogP contribution in [0.3, 0.4) is 0 Å². The van der Waals surface area contributed by atoms with Crippen LogP contribution in [0.2, 0.25) is 0 Å². The number of fused-ring (bicyclic) bond motifs is 4. The number of hydrogen-bond acceptors (Lipinski definition) is 2. The van der Waals surface area contributed by atoms with Crippen molar-refractivity contribution in [3.63, 3.8) is 0 Å². The maximum Gasteiger partial charge on any atom is 0.0109 e. The lowest BCUT2D eigenvalue weighted by molar-refractivity contribution is 0.214. The maximum atomic E-state index is 3.76. The molecule has 0 spiro atoms. The first-order valence-corrected chi connectivity index (χ1v) is 6.21. The Kier molecular flexibility index (Phi) is 3.45. The molecule has 0 radical (unpaired) electrons. The van der Waals surface area contributed by atoms with Gasteiger partial charge in [0.25, 0.3) is 0 Å². The molecule has 0 aliphatic carbocycles. The molecule has 1 atom stereocenters. The maximum absolute atomic E-state index is 3.76. The van der Waals surface area contributed by atoms with Crippen molar-refractivity contribution in [3.8, 4) is 0 Å². The van der Waals surface area contributed by atoms with Crippen LogP contribution in [0.15, 0.2) is 0 Å². The zero-order valence-electron chi connectivity index (χ0n) is 9.63. The number of piperidine rings is 1. The van der Waals surface area contributed by atoms with Gasteiger partial charge in [-0.15, -0.1) is 0 Å². The molecule has 3 fully saturated rings. The molecular formula is C12H24N2. The molecular weight excluding hydrogens is 172 g/mol. The summed E-state index contributed by atoms with van der Waals surface area (Å²) in [5, 5.41) is 3.76. The molecule has 1 unspecified atom stereocenters. The van der Waals surface area contributed by atoms with Gasteiger partial charge in [-0.25, -0.2) is 0 Å². The van der Waals surface area contributed by atoms with Crippen molar-refractivity contribution in [1.29, 1.82) is 0 Å². The van der Waals surface area contributed by atoms with Crippen LogP contribution in [-0.2, 0) is 0 Å². The van der Waals surface area contributed by atoms with E-state index in [-0.39, 0.29) is 0 Å². The van der Waals surface area contributed by atoms with Crippen LogP contribution in [-0.4, -0.2) is 37.1 Å². The van der Waals surface area contributed by atoms with Gasteiger partial charge in [0.1, 0.15) is 0 Å². The topological polar surface area (TPSA) is 15.3 Å². The lowest BCUT2D eigenvalue weighted by Crippen LogP contribution is -2.39. The van der Waals surface area contributed by atoms with Crippen LogP contribution in [0.4, 0.5) is 0 Å². The SMILES string of the molecule is CC(C)CNC1CCN2CCC1CC2. The molecule has 2 nitrogen and oxygen atoms in total. The van der Waals surface area contributed by atoms with Gasteiger partial charge in [-0.3, -0.25) is 0 Å². The summed E-state index contributed by atoms with van der Waals surface area (Å²) in [6.07, 6.45) is 4.23. The fraction of sp³-hybridized carbons (Fsp3) is 1.00. The van der Waals surface area contributed by atoms with E-state index in [1.54, 1.807) is 0 Å². The van der Waals surface area contributed by atoms with Crippen LogP contribution >= 0.6 is 0 Å². The van der Waals surface area contributed by atoms with Crippen LogP contribution < -0.4 is 5.32 Å². The zero-order valence-corrected chi connectivity index (χ0v) is 9.63. The van der Waals surface area contributed by atoms with Gasteiger partial charge >= 0.3 is 0 Å². The van der Waals surface area contributed by atoms with Gasteiger partial charge in [0.2, 0.25) is 0 Å². The number of rotatable bonds is 3. The van der Waals surface area contributed by atoms with Gasteiger partial charge in [0, 0.05) is 6.04 Å². The molecule has 0 aromatic rings. The third-order valence-electron chi connectivity index (χ3n) is 3.75. The molecule has 0 saturated carbocycles. The predicted octanol–water partition coefficient (Wildman–Crippen LogP) is 1.72. The molecule has 2 bridgehead atoms. The molecule has 0 aromatic carbocycles. The van der Waals surface area contributed by atoms with E-state index >= 15 is 0 Å². The van der Waals surface area contributed by atoms with Crippen LogP contribution in [0.1, 0.15) is 33.1 Å². The summed E-state index contributed by atoms with van der Waals surface area (Å²) in [6.45, 7) is 9.82. The van der Waals surface area contributed by atoms with E-state index in [1.165, 1.54) is 45.4 Å². The molecule has 3 aliphatic heterocycles. The Bertz CT molecular complexity index is 171. The van der Waals surface area contributed by atoms with Crippen molar-refractivity contribution < 1.29 is 0 Å². The minimum atomic E-state index is 0.788. The molecule has 1 N–H and O–H groups in total. The first-order chi connectivity index (χ1) is 6.75. The van der Waals surface area contributed by atoms with E-state index in [2.05, 4.69) is 24.1 Å². The molecule has 3 rings (SSSR count). The smallest absolute Gasteiger partial charge is 0.0109 e. The first-order valence-electron chi connectivity index (χ1n) is 6.21. The molecule has 0 amide bonds. The largest absolute Gasteiger partial charge is 0.313 e. The predicted molar refractivity (Wildman–Crippen MR) is 60.4 cm³/mol. The quantitative estimate of drug-likeness (QED) is 0.739. The zero-order chi connectivity index (χ0) is 9.97. The van der Waals surface area contributed by atoms with Gasteiger partial charge in [-0.1, -0.05) is 13.8 Å². The van der Waals surface area contributed by atoms with E-state index in [1.807, 2.05) is 0 Å². The summed E-state index contributed by atoms with van der Waals surface area (Å²) >= 11 is 0. The monoisotopic (exact) mass is 196 g/mol. The normalized spacial score (nSPS) is 37.5. The highest BCUT2D eigenvalue weighted by molar-refractivity contribution is 4.87. The van der Waals surface area contributed by atoms with Crippen molar-refractivity contribution in [3.05, 3.63) is 0 Å². The van der Waals surface area contributed by atoms with Gasteiger partial charge in [-0.05, 0) is 57.3 Å². The molecule has 3 aliphatic rings. The van der Waals surface area contributed by atoms with Crippen LogP contribution in [0.25, 0.3) is 0 Å². The lowest BCUT2D eigenvalue weighted by atomic mass is 9.90. The Hall–Kier alpha value is -0.0800. The average Bonchev–Trinajstić information content (AvgIpc) is 2.47. The second-order valence-electron chi connectivity index (χ2n) is 5.38. The van der Waals surface area contributed by atoms with E-state index in [4.69, 9.17) is 0 Å². The second-order valence-corrected chi connectivity index (χ2v) is 5.38. The fourth-order valence-electron chi connectivity index (χ4n) is 2.79. The van der Waals surface area contributed by atoms with Crippen LogP contribution in [0.5, 0.6) is 0 Å². The molecule has 14 heavy (non-hydrogen) atoms. The standard InChI is InChI=1S/C12H24N2/c1-10(2)9-13-12-5-8-14-6-3-11(12)4-7-14/h10-13H,3-9H2,1-2H3. The van der Waals surface area contributed by atoms with E-state index in [0.717, 1.165) is 17.9 Å². The van der Waals surface area contributed by atoms with E-state index in [0.29, 0.717) is 0 Å². The molecule has 82 valence electrons. The van der Waals surface area contributed by atoms with Crippen molar-refractivity contribution in [2.45, 2.75) is 39.2 Å². The summed E-state index contributed by atoms with van der Waals surface area (Å²) in [5.41, 5.74) is 0. The minimum Gasteiger partial charge on any atom is -0.313 e. The lowest BCUT2D eigenvalue weighted by Gasteiger charge is -2.29. The summed E-state index contributed by atoms with van der Waals surface area (Å²) in [4.78, 5) is 2.63. The van der Waals surface area contributed by atoms with Gasteiger partial charge in [0.15, 0.2) is 0 Å². The Morgan fingerprint density at radius 2 is 1.79 bits per heavy atom. The summed E-state index contributed by atoms with van der Waals surface area (Å²) in [5.74, 6) is 1.75. The van der Waals surface area contributed by atoms with Gasteiger partial charge < -0.3 is 10.2 Å². The molecule has 3 saturated heterocycles. The van der Waals surface area contributed by atoms with Gasteiger partial charge in [0.05, 0.1) is 0 Å². The molecule has 2 heteroatoms. The second kappa shape index (κ2) is 4.63. The van der Waals surface area contributed by atoms with E-state index < -0.39 is 0 Å². The van der Waals surface area contributed by atoms with Crippen molar-refractivity contribution in [2.75, 3.05) is 26.2 Å². The molecule has 3 heterocycles. The summed E-state index contributed by atoms with van der Waals surface area (Å²) in [6, 6.07) is 0.810. The van der Waals surface area contributed by atoms with Crippen LogP contribution in [0, 0.1) is 11.8 Å². The first kappa shape index (κ1) is 10.4. The fourth-order valence-corrected chi connectivity index (χ4v) is 2.79. The summed E-state index contributed by atoms with van der Waals surface area (Å²) in [7, 11) is 0. The number of hydrogen-bond donors (Lipinski definition) is 1. The Balaban J connectivity index is 1.85. The number of nitrogens with one attached hydrogen (secondary N) is 1. The third-order valence-corrected chi connectivity index (χ3v) is 3.75.